The zero-order chi connectivity index (χ0) is 24.8. The Labute approximate surface area is 209 Å². The van der Waals surface area contributed by atoms with E-state index in [1.165, 1.54) is 25.5 Å². The standard InChI is InChI=1S/C26H20BrN3O5/c1-34-25-14-19-5-3-2-4-18(19)13-23(25)26(31)29-28-15-20-12-21(27)8-11-24(20)35-16-17-6-9-22(10-7-17)30(32)33/h2-15H,16H2,1H3,(H,29,31)/b28-15-. The van der Waals surface area contributed by atoms with Crippen molar-refractivity contribution in [3.63, 3.8) is 0 Å². The summed E-state index contributed by atoms with van der Waals surface area (Å²) in [5.74, 6) is 0.575. The van der Waals surface area contributed by atoms with Gasteiger partial charge in [-0.15, -0.1) is 0 Å². The number of fused-ring (bicyclic) bond motifs is 1. The third kappa shape index (κ3) is 5.82. The molecule has 0 saturated heterocycles. The Hall–Kier alpha value is -4.24. The number of nitrogens with one attached hydrogen (secondary N) is 1. The summed E-state index contributed by atoms with van der Waals surface area (Å²) in [6, 6.07) is 22.8. The topological polar surface area (TPSA) is 103 Å². The second-order valence-corrected chi connectivity index (χ2v) is 8.41. The Kier molecular flexibility index (Phi) is 7.37. The molecule has 0 unspecified atom stereocenters. The number of nitro groups is 1. The van der Waals surface area contributed by atoms with E-state index in [0.717, 1.165) is 20.8 Å². The Morgan fingerprint density at radius 1 is 1.03 bits per heavy atom. The van der Waals surface area contributed by atoms with E-state index in [9.17, 15) is 14.9 Å². The summed E-state index contributed by atoms with van der Waals surface area (Å²) in [6.07, 6.45) is 1.49. The number of methoxy groups -OCH3 is 1. The molecule has 1 amide bonds. The lowest BCUT2D eigenvalue weighted by Crippen LogP contribution is -2.18. The molecule has 0 atom stereocenters. The molecule has 0 fully saturated rings. The van der Waals surface area contributed by atoms with Crippen LogP contribution in [0.1, 0.15) is 21.5 Å². The third-order valence-corrected chi connectivity index (χ3v) is 5.69. The predicted octanol–water partition coefficient (Wildman–Crippen LogP) is 5.86. The predicted molar refractivity (Wildman–Crippen MR) is 137 cm³/mol. The first kappa shape index (κ1) is 23.9. The van der Waals surface area contributed by atoms with Gasteiger partial charge in [0.2, 0.25) is 0 Å². The van der Waals surface area contributed by atoms with E-state index in [1.54, 1.807) is 30.3 Å². The van der Waals surface area contributed by atoms with Gasteiger partial charge in [0.15, 0.2) is 0 Å². The summed E-state index contributed by atoms with van der Waals surface area (Å²) in [7, 11) is 1.51. The summed E-state index contributed by atoms with van der Waals surface area (Å²) >= 11 is 3.43. The maximum Gasteiger partial charge on any atom is 0.275 e. The van der Waals surface area contributed by atoms with Crippen molar-refractivity contribution in [1.82, 2.24) is 5.43 Å². The second-order valence-electron chi connectivity index (χ2n) is 7.49. The van der Waals surface area contributed by atoms with Gasteiger partial charge in [-0.25, -0.2) is 5.43 Å². The quantitative estimate of drug-likeness (QED) is 0.173. The Balaban J connectivity index is 1.48. The lowest BCUT2D eigenvalue weighted by molar-refractivity contribution is -0.384. The number of hydrogen-bond donors (Lipinski definition) is 1. The Bertz CT molecular complexity index is 1420. The Morgan fingerprint density at radius 3 is 2.43 bits per heavy atom. The van der Waals surface area contributed by atoms with E-state index in [1.807, 2.05) is 36.4 Å². The minimum atomic E-state index is -0.449. The van der Waals surface area contributed by atoms with Gasteiger partial charge < -0.3 is 9.47 Å². The SMILES string of the molecule is COc1cc2ccccc2cc1C(=O)N/N=C\c1cc(Br)ccc1OCc1ccc([N+](=O)[O-])cc1. The van der Waals surface area contributed by atoms with Crippen LogP contribution in [-0.4, -0.2) is 24.2 Å². The van der Waals surface area contributed by atoms with Crippen LogP contribution in [0.5, 0.6) is 11.5 Å². The van der Waals surface area contributed by atoms with Crippen LogP contribution in [0.15, 0.2) is 88.4 Å². The fourth-order valence-corrected chi connectivity index (χ4v) is 3.79. The van der Waals surface area contributed by atoms with E-state index in [4.69, 9.17) is 9.47 Å². The van der Waals surface area contributed by atoms with Crippen molar-refractivity contribution in [1.29, 1.82) is 0 Å². The van der Waals surface area contributed by atoms with Crippen molar-refractivity contribution in [2.24, 2.45) is 5.10 Å². The monoisotopic (exact) mass is 533 g/mol. The zero-order valence-electron chi connectivity index (χ0n) is 18.6. The van der Waals surface area contributed by atoms with Gasteiger partial charge in [0.05, 0.1) is 23.8 Å². The normalized spacial score (nSPS) is 10.9. The van der Waals surface area contributed by atoms with Crippen LogP contribution >= 0.6 is 15.9 Å². The van der Waals surface area contributed by atoms with Crippen LogP contribution < -0.4 is 14.9 Å². The first-order valence-electron chi connectivity index (χ1n) is 10.5. The molecule has 0 bridgehead atoms. The maximum atomic E-state index is 12.8. The first-order valence-corrected chi connectivity index (χ1v) is 11.3. The van der Waals surface area contributed by atoms with Gasteiger partial charge in [-0.1, -0.05) is 40.2 Å². The van der Waals surface area contributed by atoms with Crippen LogP contribution in [0.3, 0.4) is 0 Å². The van der Waals surface area contributed by atoms with Crippen LogP contribution in [0.25, 0.3) is 10.8 Å². The van der Waals surface area contributed by atoms with Crippen LogP contribution in [-0.2, 0) is 6.61 Å². The molecule has 8 nitrogen and oxygen atoms in total. The zero-order valence-corrected chi connectivity index (χ0v) is 20.2. The van der Waals surface area contributed by atoms with Crippen molar-refractivity contribution in [3.8, 4) is 11.5 Å². The molecule has 4 aromatic rings. The van der Waals surface area contributed by atoms with E-state index in [2.05, 4.69) is 26.5 Å². The van der Waals surface area contributed by atoms with Crippen LogP contribution in [0.2, 0.25) is 0 Å². The highest BCUT2D eigenvalue weighted by Gasteiger charge is 2.13. The van der Waals surface area contributed by atoms with Gasteiger partial charge in [0.1, 0.15) is 18.1 Å². The minimum absolute atomic E-state index is 0.0176. The average Bonchev–Trinajstić information content (AvgIpc) is 2.87. The molecule has 0 aromatic heterocycles. The molecule has 176 valence electrons. The van der Waals surface area contributed by atoms with Crippen molar-refractivity contribution in [3.05, 3.63) is 110 Å². The highest BCUT2D eigenvalue weighted by Crippen LogP contribution is 2.26. The molecular weight excluding hydrogens is 514 g/mol. The molecule has 0 radical (unpaired) electrons. The molecule has 0 heterocycles. The number of nitrogens with zero attached hydrogens (tertiary/aromatic N) is 2. The number of amides is 1. The van der Waals surface area contributed by atoms with E-state index >= 15 is 0 Å². The largest absolute Gasteiger partial charge is 0.496 e. The number of carbonyl (C=O) groups excluding carboxylic acids is 1. The van der Waals surface area contributed by atoms with Crippen LogP contribution in [0.4, 0.5) is 5.69 Å². The molecule has 0 aliphatic heterocycles. The number of nitro benzene ring substituents is 1. The highest BCUT2D eigenvalue weighted by molar-refractivity contribution is 9.10. The number of benzene rings is 4. The lowest BCUT2D eigenvalue weighted by Gasteiger charge is -2.10. The smallest absolute Gasteiger partial charge is 0.275 e. The second kappa shape index (κ2) is 10.8. The van der Waals surface area contributed by atoms with E-state index in [-0.39, 0.29) is 12.3 Å². The van der Waals surface area contributed by atoms with Crippen molar-refractivity contribution in [2.45, 2.75) is 6.61 Å². The van der Waals surface area contributed by atoms with Crippen LogP contribution in [0, 0.1) is 10.1 Å². The average molecular weight is 534 g/mol. The minimum Gasteiger partial charge on any atom is -0.496 e. The summed E-state index contributed by atoms with van der Waals surface area (Å²) in [6.45, 7) is 0.209. The molecule has 0 saturated carbocycles. The van der Waals surface area contributed by atoms with E-state index in [0.29, 0.717) is 22.6 Å². The first-order chi connectivity index (χ1) is 16.9. The molecule has 0 spiro atoms. The third-order valence-electron chi connectivity index (χ3n) is 5.20. The van der Waals surface area contributed by atoms with Gasteiger partial charge in [-0.05, 0) is 58.8 Å². The molecule has 4 aromatic carbocycles. The van der Waals surface area contributed by atoms with Gasteiger partial charge in [-0.2, -0.15) is 5.10 Å². The maximum absolute atomic E-state index is 12.8. The fourth-order valence-electron chi connectivity index (χ4n) is 3.41. The van der Waals surface area contributed by atoms with Gasteiger partial charge in [0.25, 0.3) is 11.6 Å². The number of non-ortho nitro benzene ring substituents is 1. The van der Waals surface area contributed by atoms with Gasteiger partial charge >= 0.3 is 0 Å². The van der Waals surface area contributed by atoms with Crippen molar-refractivity contribution in [2.75, 3.05) is 7.11 Å². The van der Waals surface area contributed by atoms with Gasteiger partial charge in [-0.3, -0.25) is 14.9 Å². The van der Waals surface area contributed by atoms with Crippen molar-refractivity contribution < 1.29 is 19.2 Å². The molecule has 0 aliphatic carbocycles. The molecule has 35 heavy (non-hydrogen) atoms. The van der Waals surface area contributed by atoms with Gasteiger partial charge in [0, 0.05) is 22.2 Å². The summed E-state index contributed by atoms with van der Waals surface area (Å²) in [5, 5.41) is 16.8. The number of halogens is 1. The van der Waals surface area contributed by atoms with E-state index < -0.39 is 10.8 Å². The molecule has 0 aliphatic rings. The summed E-state index contributed by atoms with van der Waals surface area (Å²) < 4.78 is 12.1. The summed E-state index contributed by atoms with van der Waals surface area (Å²) in [5.41, 5.74) is 4.33. The number of ether oxygens (including phenoxy) is 2. The molecule has 4 rings (SSSR count). The fraction of sp³-hybridized carbons (Fsp3) is 0.0769. The molecular formula is C26H20BrN3O5. The molecule has 1 N–H and O–H groups in total. The lowest BCUT2D eigenvalue weighted by atomic mass is 10.1. The number of hydrazone groups is 1. The number of rotatable bonds is 8. The Morgan fingerprint density at radius 2 is 1.74 bits per heavy atom. The van der Waals surface area contributed by atoms with Crippen molar-refractivity contribution >= 4 is 44.5 Å². The number of hydrogen-bond acceptors (Lipinski definition) is 6. The number of carbonyl (C=O) groups is 1. The highest BCUT2D eigenvalue weighted by atomic mass is 79.9. The molecule has 9 heteroatoms. The summed E-state index contributed by atoms with van der Waals surface area (Å²) in [4.78, 5) is 23.2.